The van der Waals surface area contributed by atoms with Crippen LogP contribution in [0, 0.1) is 0 Å². The van der Waals surface area contributed by atoms with Crippen LogP contribution in [0.1, 0.15) is 19.4 Å². The van der Waals surface area contributed by atoms with E-state index in [1.807, 2.05) is 19.9 Å². The minimum absolute atomic E-state index is 0.000219. The summed E-state index contributed by atoms with van der Waals surface area (Å²) >= 11 is 0. The fraction of sp³-hybridized carbons (Fsp3) is 0.333. The molecule has 0 spiro atoms. The Labute approximate surface area is 186 Å². The number of carbonyl (C=O) groups excluding carboxylic acids is 2. The normalized spacial score (nSPS) is 15.6. The highest BCUT2D eigenvalue weighted by atomic mass is 16.6. The van der Waals surface area contributed by atoms with Crippen molar-refractivity contribution in [2.24, 2.45) is 0 Å². The molecule has 4 rings (SSSR count). The lowest BCUT2D eigenvalue weighted by molar-refractivity contribution is -0.137. The minimum atomic E-state index is -0.418. The van der Waals surface area contributed by atoms with Gasteiger partial charge in [0.25, 0.3) is 11.8 Å². The summed E-state index contributed by atoms with van der Waals surface area (Å²) in [6.07, 6.45) is -0.000219. The van der Waals surface area contributed by atoms with Crippen molar-refractivity contribution in [2.75, 3.05) is 38.8 Å². The van der Waals surface area contributed by atoms with Crippen molar-refractivity contribution in [1.82, 2.24) is 4.90 Å². The average Bonchev–Trinajstić information content (AvgIpc) is 3.02. The van der Waals surface area contributed by atoms with Gasteiger partial charge in [-0.1, -0.05) is 18.2 Å². The molecule has 2 aliphatic heterocycles. The summed E-state index contributed by atoms with van der Waals surface area (Å²) in [4.78, 5) is 27.8. The number of anilines is 1. The first kappa shape index (κ1) is 21.7. The molecule has 0 aromatic heterocycles. The average molecular weight is 438 g/mol. The van der Waals surface area contributed by atoms with Gasteiger partial charge in [0, 0.05) is 17.3 Å². The number of nitrogens with one attached hydrogen (secondary N) is 1. The third kappa shape index (κ3) is 4.27. The minimum Gasteiger partial charge on any atom is -0.496 e. The van der Waals surface area contributed by atoms with E-state index >= 15 is 0 Å². The topological polar surface area (TPSA) is 86.3 Å². The van der Waals surface area contributed by atoms with Gasteiger partial charge in [-0.05, 0) is 32.0 Å². The fourth-order valence-electron chi connectivity index (χ4n) is 3.64. The lowest BCUT2D eigenvalue weighted by atomic mass is 10.0. The van der Waals surface area contributed by atoms with Crippen molar-refractivity contribution in [3.63, 3.8) is 0 Å². The molecular weight excluding hydrogens is 412 g/mol. The van der Waals surface area contributed by atoms with Crippen LogP contribution in [0.4, 0.5) is 5.69 Å². The molecule has 2 amide bonds. The van der Waals surface area contributed by atoms with Gasteiger partial charge < -0.3 is 24.3 Å². The number of carbonyl (C=O) groups is 2. The Hall–Kier alpha value is -3.52. The maximum absolute atomic E-state index is 13.3. The van der Waals surface area contributed by atoms with Crippen LogP contribution in [-0.2, 0) is 14.3 Å². The quantitative estimate of drug-likeness (QED) is 0.634. The molecule has 32 heavy (non-hydrogen) atoms. The number of methoxy groups -OCH3 is 1. The van der Waals surface area contributed by atoms with E-state index in [1.54, 1.807) is 36.4 Å². The van der Waals surface area contributed by atoms with Crippen LogP contribution in [-0.4, -0.2) is 56.3 Å². The van der Waals surface area contributed by atoms with E-state index in [4.69, 9.17) is 18.9 Å². The standard InChI is InChI=1S/C24H26N2O6/c1-15(2)30-11-10-26-23(27)21(17-6-4-5-7-18(17)29-3)22(24(26)28)25-16-8-9-19-20(14-16)32-13-12-31-19/h4-9,14-15,25H,10-13H2,1-3H3. The molecule has 0 saturated carbocycles. The second-order valence-corrected chi connectivity index (χ2v) is 7.62. The molecule has 0 fully saturated rings. The summed E-state index contributed by atoms with van der Waals surface area (Å²) in [6, 6.07) is 12.4. The summed E-state index contributed by atoms with van der Waals surface area (Å²) in [5, 5.41) is 3.14. The van der Waals surface area contributed by atoms with Crippen molar-refractivity contribution in [3.05, 3.63) is 53.7 Å². The van der Waals surface area contributed by atoms with Crippen LogP contribution in [0.5, 0.6) is 17.2 Å². The zero-order valence-corrected chi connectivity index (χ0v) is 18.3. The van der Waals surface area contributed by atoms with Crippen molar-refractivity contribution < 1.29 is 28.5 Å². The van der Waals surface area contributed by atoms with Crippen molar-refractivity contribution in [3.8, 4) is 17.2 Å². The molecule has 0 saturated heterocycles. The van der Waals surface area contributed by atoms with E-state index in [9.17, 15) is 9.59 Å². The third-order valence-electron chi connectivity index (χ3n) is 5.12. The first-order valence-electron chi connectivity index (χ1n) is 10.5. The van der Waals surface area contributed by atoms with Gasteiger partial charge in [0.15, 0.2) is 11.5 Å². The van der Waals surface area contributed by atoms with E-state index in [-0.39, 0.29) is 30.5 Å². The van der Waals surface area contributed by atoms with Crippen LogP contribution in [0.25, 0.3) is 5.57 Å². The lowest BCUT2D eigenvalue weighted by Crippen LogP contribution is -2.35. The van der Waals surface area contributed by atoms with Crippen LogP contribution in [0.15, 0.2) is 48.2 Å². The molecule has 2 aromatic carbocycles. The maximum atomic E-state index is 13.3. The number of hydrogen-bond acceptors (Lipinski definition) is 7. The highest BCUT2D eigenvalue weighted by molar-refractivity contribution is 6.37. The molecule has 2 aromatic rings. The zero-order chi connectivity index (χ0) is 22.7. The SMILES string of the molecule is COc1ccccc1C1=C(Nc2ccc3c(c2)OCCO3)C(=O)N(CCOC(C)C)C1=O. The first-order chi connectivity index (χ1) is 15.5. The number of imide groups is 1. The molecule has 0 atom stereocenters. The number of ether oxygens (including phenoxy) is 4. The van der Waals surface area contributed by atoms with Crippen LogP contribution >= 0.6 is 0 Å². The van der Waals surface area contributed by atoms with Crippen LogP contribution < -0.4 is 19.5 Å². The van der Waals surface area contributed by atoms with Crippen molar-refractivity contribution in [2.45, 2.75) is 20.0 Å². The fourth-order valence-corrected chi connectivity index (χ4v) is 3.64. The second kappa shape index (κ2) is 9.32. The van der Waals surface area contributed by atoms with Gasteiger partial charge >= 0.3 is 0 Å². The second-order valence-electron chi connectivity index (χ2n) is 7.62. The van der Waals surface area contributed by atoms with E-state index in [1.165, 1.54) is 12.0 Å². The Morgan fingerprint density at radius 1 is 1.03 bits per heavy atom. The van der Waals surface area contributed by atoms with E-state index in [0.717, 1.165) is 0 Å². The molecule has 8 heteroatoms. The Balaban J connectivity index is 1.71. The van der Waals surface area contributed by atoms with E-state index < -0.39 is 11.8 Å². The highest BCUT2D eigenvalue weighted by Crippen LogP contribution is 2.37. The third-order valence-corrected chi connectivity index (χ3v) is 5.12. The molecule has 168 valence electrons. The molecule has 0 radical (unpaired) electrons. The van der Waals surface area contributed by atoms with Gasteiger partial charge in [0.2, 0.25) is 0 Å². The Morgan fingerprint density at radius 2 is 1.78 bits per heavy atom. The first-order valence-corrected chi connectivity index (χ1v) is 10.5. The molecule has 2 heterocycles. The Morgan fingerprint density at radius 3 is 2.53 bits per heavy atom. The summed E-state index contributed by atoms with van der Waals surface area (Å²) in [6.45, 7) is 5.16. The number of benzene rings is 2. The number of nitrogens with zero attached hydrogens (tertiary/aromatic N) is 1. The van der Waals surface area contributed by atoms with Gasteiger partial charge in [-0.2, -0.15) is 0 Å². The summed E-state index contributed by atoms with van der Waals surface area (Å²) in [5.41, 5.74) is 1.59. The summed E-state index contributed by atoms with van der Waals surface area (Å²) < 4.78 is 22.2. The molecular formula is C24H26N2O6. The number of rotatable bonds is 8. The number of hydrogen-bond donors (Lipinski definition) is 1. The van der Waals surface area contributed by atoms with E-state index in [0.29, 0.717) is 41.7 Å². The van der Waals surface area contributed by atoms with Crippen molar-refractivity contribution >= 4 is 23.1 Å². The molecule has 8 nitrogen and oxygen atoms in total. The maximum Gasteiger partial charge on any atom is 0.278 e. The van der Waals surface area contributed by atoms with Gasteiger partial charge in [-0.25, -0.2) is 0 Å². The zero-order valence-electron chi connectivity index (χ0n) is 18.3. The van der Waals surface area contributed by atoms with Gasteiger partial charge in [-0.15, -0.1) is 0 Å². The lowest BCUT2D eigenvalue weighted by Gasteiger charge is -2.19. The molecule has 2 aliphatic rings. The molecule has 0 aliphatic carbocycles. The van der Waals surface area contributed by atoms with E-state index in [2.05, 4.69) is 5.32 Å². The van der Waals surface area contributed by atoms with Gasteiger partial charge in [0.1, 0.15) is 24.7 Å². The summed E-state index contributed by atoms with van der Waals surface area (Å²) in [5.74, 6) is 0.914. The molecule has 1 N–H and O–H groups in total. The monoisotopic (exact) mass is 438 g/mol. The molecule has 0 bridgehead atoms. The predicted molar refractivity (Wildman–Crippen MR) is 119 cm³/mol. The number of fused-ring (bicyclic) bond motifs is 1. The number of para-hydroxylation sites is 1. The van der Waals surface area contributed by atoms with Crippen molar-refractivity contribution in [1.29, 1.82) is 0 Å². The Kier molecular flexibility index (Phi) is 6.32. The largest absolute Gasteiger partial charge is 0.496 e. The number of amides is 2. The smallest absolute Gasteiger partial charge is 0.278 e. The summed E-state index contributed by atoms with van der Waals surface area (Å²) in [7, 11) is 1.53. The Bertz CT molecular complexity index is 1060. The van der Waals surface area contributed by atoms with Gasteiger partial charge in [-0.3, -0.25) is 14.5 Å². The van der Waals surface area contributed by atoms with Crippen LogP contribution in [0.3, 0.4) is 0 Å². The van der Waals surface area contributed by atoms with Gasteiger partial charge in [0.05, 0.1) is 31.9 Å². The predicted octanol–water partition coefficient (Wildman–Crippen LogP) is 3.08. The van der Waals surface area contributed by atoms with Crippen LogP contribution in [0.2, 0.25) is 0 Å². The highest BCUT2D eigenvalue weighted by Gasteiger charge is 2.40. The molecule has 0 unspecified atom stereocenters.